The molecule has 0 saturated heterocycles. The average Bonchev–Trinajstić information content (AvgIpc) is 2.61. The van der Waals surface area contributed by atoms with E-state index < -0.39 is 5.91 Å². The van der Waals surface area contributed by atoms with E-state index in [1.807, 2.05) is 25.1 Å². The van der Waals surface area contributed by atoms with Gasteiger partial charge in [-0.1, -0.05) is 46.1 Å². The summed E-state index contributed by atoms with van der Waals surface area (Å²) in [4.78, 5) is 11.2. The van der Waals surface area contributed by atoms with Crippen molar-refractivity contribution in [2.45, 2.75) is 33.1 Å². The number of amides is 1. The molecule has 0 atom stereocenters. The zero-order valence-electron chi connectivity index (χ0n) is 16.5. The number of rotatable bonds is 7. The Bertz CT molecular complexity index is 858. The van der Waals surface area contributed by atoms with E-state index in [0.717, 1.165) is 22.4 Å². The van der Waals surface area contributed by atoms with Gasteiger partial charge in [0.2, 0.25) is 5.91 Å². The molecule has 0 aliphatic heterocycles. The van der Waals surface area contributed by atoms with Gasteiger partial charge in [-0.2, -0.15) is 0 Å². The van der Waals surface area contributed by atoms with Crippen LogP contribution in [-0.4, -0.2) is 12.5 Å². The number of benzene rings is 2. The number of hydrogen-bond acceptors (Lipinski definition) is 3. The zero-order chi connectivity index (χ0) is 20.2. The Morgan fingerprint density at radius 1 is 0.963 bits per heavy atom. The molecule has 4 heteroatoms. The van der Waals surface area contributed by atoms with Crippen molar-refractivity contribution < 1.29 is 14.3 Å². The van der Waals surface area contributed by atoms with Gasteiger partial charge in [0.15, 0.2) is 0 Å². The van der Waals surface area contributed by atoms with Crippen LogP contribution in [0.4, 0.5) is 0 Å². The molecule has 142 valence electrons. The minimum absolute atomic E-state index is 0.0810. The van der Waals surface area contributed by atoms with Crippen LogP contribution in [0, 0.1) is 0 Å². The Kier molecular flexibility index (Phi) is 6.11. The summed E-state index contributed by atoms with van der Waals surface area (Å²) in [5.74, 6) is 1.33. The lowest BCUT2D eigenvalue weighted by Crippen LogP contribution is -2.14. The summed E-state index contributed by atoms with van der Waals surface area (Å²) in [6.07, 6.45) is 0. The Hall–Kier alpha value is -3.01. The van der Waals surface area contributed by atoms with Gasteiger partial charge in [0, 0.05) is 22.3 Å². The molecule has 0 fully saturated rings. The minimum atomic E-state index is -0.471. The predicted molar refractivity (Wildman–Crippen MR) is 110 cm³/mol. The summed E-state index contributed by atoms with van der Waals surface area (Å²) < 4.78 is 11.6. The summed E-state index contributed by atoms with van der Waals surface area (Å²) in [5.41, 5.74) is 8.32. The predicted octanol–water partition coefficient (Wildman–Crippen LogP) is 5.14. The number of nitrogens with two attached hydrogens (primary N) is 1. The highest BCUT2D eigenvalue weighted by Crippen LogP contribution is 2.34. The van der Waals surface area contributed by atoms with Crippen molar-refractivity contribution in [1.29, 1.82) is 0 Å². The first kappa shape index (κ1) is 20.3. The fourth-order valence-electron chi connectivity index (χ4n) is 2.66. The molecule has 2 rings (SSSR count). The first-order chi connectivity index (χ1) is 12.6. The van der Waals surface area contributed by atoms with Gasteiger partial charge in [0.25, 0.3) is 0 Å². The van der Waals surface area contributed by atoms with Gasteiger partial charge in [-0.15, -0.1) is 0 Å². The fourth-order valence-corrected chi connectivity index (χ4v) is 2.66. The SMILES string of the molecule is C=C(OC(=C)c1ccc(OCC)c(C(C)(C)C)c1)c1ccc(C(N)=O)cc1. The molecule has 0 aromatic heterocycles. The maximum atomic E-state index is 11.2. The molecule has 2 aromatic carbocycles. The van der Waals surface area contributed by atoms with Crippen molar-refractivity contribution in [2.24, 2.45) is 5.73 Å². The van der Waals surface area contributed by atoms with Crippen molar-refractivity contribution in [2.75, 3.05) is 6.61 Å². The second-order valence-electron chi connectivity index (χ2n) is 7.28. The highest BCUT2D eigenvalue weighted by atomic mass is 16.5. The first-order valence-electron chi connectivity index (χ1n) is 8.87. The maximum absolute atomic E-state index is 11.2. The molecular formula is C23H27NO3. The average molecular weight is 365 g/mol. The van der Waals surface area contributed by atoms with Crippen LogP contribution in [0.1, 0.15) is 54.7 Å². The van der Waals surface area contributed by atoms with E-state index in [0.29, 0.717) is 23.7 Å². The lowest BCUT2D eigenvalue weighted by molar-refractivity contribution is 0.100. The molecule has 2 N–H and O–H groups in total. The van der Waals surface area contributed by atoms with Gasteiger partial charge in [-0.25, -0.2) is 0 Å². The van der Waals surface area contributed by atoms with Crippen molar-refractivity contribution in [1.82, 2.24) is 0 Å². The van der Waals surface area contributed by atoms with Crippen molar-refractivity contribution in [3.63, 3.8) is 0 Å². The van der Waals surface area contributed by atoms with Crippen LogP contribution < -0.4 is 10.5 Å². The molecule has 0 saturated carbocycles. The second-order valence-corrected chi connectivity index (χ2v) is 7.28. The van der Waals surface area contributed by atoms with E-state index in [9.17, 15) is 4.79 Å². The fraction of sp³-hybridized carbons (Fsp3) is 0.261. The summed E-state index contributed by atoms with van der Waals surface area (Å²) in [6, 6.07) is 12.7. The van der Waals surface area contributed by atoms with Crippen LogP contribution in [0.25, 0.3) is 11.5 Å². The third kappa shape index (κ3) is 5.00. The van der Waals surface area contributed by atoms with E-state index in [-0.39, 0.29) is 5.41 Å². The second kappa shape index (κ2) is 8.12. The molecule has 0 aliphatic carbocycles. The number of primary amides is 1. The number of carbonyl (C=O) groups is 1. The zero-order valence-corrected chi connectivity index (χ0v) is 16.5. The smallest absolute Gasteiger partial charge is 0.248 e. The lowest BCUT2D eigenvalue weighted by Gasteiger charge is -2.24. The molecule has 4 nitrogen and oxygen atoms in total. The van der Waals surface area contributed by atoms with E-state index in [1.54, 1.807) is 24.3 Å². The van der Waals surface area contributed by atoms with Gasteiger partial charge in [-0.3, -0.25) is 4.79 Å². The van der Waals surface area contributed by atoms with Gasteiger partial charge < -0.3 is 15.2 Å². The van der Waals surface area contributed by atoms with Gasteiger partial charge in [0.05, 0.1) is 6.61 Å². The topological polar surface area (TPSA) is 61.6 Å². The molecule has 0 spiro atoms. The van der Waals surface area contributed by atoms with E-state index in [4.69, 9.17) is 15.2 Å². The van der Waals surface area contributed by atoms with Gasteiger partial charge >= 0.3 is 0 Å². The molecule has 27 heavy (non-hydrogen) atoms. The third-order valence-corrected chi connectivity index (χ3v) is 4.15. The van der Waals surface area contributed by atoms with Crippen LogP contribution in [0.2, 0.25) is 0 Å². The molecule has 1 amide bonds. The van der Waals surface area contributed by atoms with Gasteiger partial charge in [-0.05, 0) is 42.7 Å². The van der Waals surface area contributed by atoms with Crippen LogP contribution in [-0.2, 0) is 10.2 Å². The quantitative estimate of drug-likeness (QED) is 0.691. The minimum Gasteiger partial charge on any atom is -0.494 e. The third-order valence-electron chi connectivity index (χ3n) is 4.15. The Labute approximate surface area is 161 Å². The van der Waals surface area contributed by atoms with Crippen LogP contribution in [0.5, 0.6) is 5.75 Å². The number of hydrogen-bond donors (Lipinski definition) is 1. The normalized spacial score (nSPS) is 11.0. The van der Waals surface area contributed by atoms with Crippen molar-refractivity contribution in [3.8, 4) is 5.75 Å². The highest BCUT2D eigenvalue weighted by molar-refractivity contribution is 5.93. The molecule has 0 unspecified atom stereocenters. The largest absolute Gasteiger partial charge is 0.494 e. The summed E-state index contributed by atoms with van der Waals surface area (Å²) in [6.45, 7) is 17.0. The Morgan fingerprint density at radius 3 is 2.00 bits per heavy atom. The van der Waals surface area contributed by atoms with Crippen molar-refractivity contribution in [3.05, 3.63) is 77.9 Å². The molecule has 0 radical (unpaired) electrons. The lowest BCUT2D eigenvalue weighted by atomic mass is 9.85. The van der Waals surface area contributed by atoms with Crippen LogP contribution >= 0.6 is 0 Å². The molecule has 2 aromatic rings. The molecule has 0 bridgehead atoms. The van der Waals surface area contributed by atoms with E-state index >= 15 is 0 Å². The summed E-state index contributed by atoms with van der Waals surface area (Å²) in [5, 5.41) is 0. The Morgan fingerprint density at radius 2 is 1.48 bits per heavy atom. The standard InChI is InChI=1S/C23H27NO3/c1-7-26-21-13-12-19(14-20(21)23(4,5)6)16(3)27-15(2)17-8-10-18(11-9-17)22(24)25/h8-14H,2-3,7H2,1,4-6H3,(H2,24,25). The molecule has 0 heterocycles. The highest BCUT2D eigenvalue weighted by Gasteiger charge is 2.20. The summed E-state index contributed by atoms with van der Waals surface area (Å²) in [7, 11) is 0. The number of carbonyl (C=O) groups excluding carboxylic acids is 1. The van der Waals surface area contributed by atoms with Crippen LogP contribution in [0.3, 0.4) is 0 Å². The molecular weight excluding hydrogens is 338 g/mol. The van der Waals surface area contributed by atoms with Crippen LogP contribution in [0.15, 0.2) is 55.6 Å². The van der Waals surface area contributed by atoms with E-state index in [1.165, 1.54) is 0 Å². The summed E-state index contributed by atoms with van der Waals surface area (Å²) >= 11 is 0. The molecule has 0 aliphatic rings. The van der Waals surface area contributed by atoms with Crippen molar-refractivity contribution >= 4 is 17.4 Å². The van der Waals surface area contributed by atoms with E-state index in [2.05, 4.69) is 33.9 Å². The van der Waals surface area contributed by atoms with Gasteiger partial charge in [0.1, 0.15) is 17.3 Å². The monoisotopic (exact) mass is 365 g/mol. The Balaban J connectivity index is 2.22. The number of ether oxygens (including phenoxy) is 2. The maximum Gasteiger partial charge on any atom is 0.248 e. The first-order valence-corrected chi connectivity index (χ1v) is 8.87.